The summed E-state index contributed by atoms with van der Waals surface area (Å²) in [4.78, 5) is 38.2. The van der Waals surface area contributed by atoms with Gasteiger partial charge in [-0.25, -0.2) is 0 Å². The summed E-state index contributed by atoms with van der Waals surface area (Å²) in [6.45, 7) is 3.80. The number of nitro benzene ring substituents is 1. The van der Waals surface area contributed by atoms with Crippen molar-refractivity contribution in [2.75, 3.05) is 16.8 Å². The van der Waals surface area contributed by atoms with Crippen LogP contribution in [0.5, 0.6) is 5.75 Å². The Labute approximate surface area is 185 Å². The maximum absolute atomic E-state index is 13.2. The minimum atomic E-state index is -1.03. The summed E-state index contributed by atoms with van der Waals surface area (Å²) in [7, 11) is 0. The molecule has 8 heteroatoms. The van der Waals surface area contributed by atoms with Crippen LogP contribution in [0, 0.1) is 10.1 Å². The Morgan fingerprint density at radius 2 is 1.62 bits per heavy atom. The number of nitro groups is 1. The average molecular weight is 433 g/mol. The van der Waals surface area contributed by atoms with Crippen LogP contribution in [0.1, 0.15) is 24.2 Å². The van der Waals surface area contributed by atoms with Gasteiger partial charge in [-0.3, -0.25) is 19.7 Å². The van der Waals surface area contributed by atoms with Gasteiger partial charge in [-0.15, -0.1) is 0 Å². The first-order chi connectivity index (χ1) is 15.4. The van der Waals surface area contributed by atoms with Crippen molar-refractivity contribution in [3.63, 3.8) is 0 Å². The van der Waals surface area contributed by atoms with Crippen molar-refractivity contribution in [3.8, 4) is 5.75 Å². The largest absolute Gasteiger partial charge is 0.474 e. The van der Waals surface area contributed by atoms with Gasteiger partial charge in [-0.2, -0.15) is 0 Å². The van der Waals surface area contributed by atoms with Crippen molar-refractivity contribution in [1.29, 1.82) is 0 Å². The molecule has 1 N–H and O–H groups in total. The SMILES string of the molecule is CCN(C(=O)c1ccccc1NC(=O)C(C)Oc1ccccc1[N+](=O)[O-])c1ccccc1. The maximum Gasteiger partial charge on any atom is 0.310 e. The van der Waals surface area contributed by atoms with Crippen LogP contribution in [0.15, 0.2) is 78.9 Å². The molecule has 32 heavy (non-hydrogen) atoms. The summed E-state index contributed by atoms with van der Waals surface area (Å²) in [5.41, 5.74) is 1.16. The molecule has 3 aromatic rings. The van der Waals surface area contributed by atoms with Gasteiger partial charge in [0.05, 0.1) is 16.2 Å². The highest BCUT2D eigenvalue weighted by molar-refractivity contribution is 6.11. The van der Waals surface area contributed by atoms with Crippen LogP contribution in [0.3, 0.4) is 0 Å². The van der Waals surface area contributed by atoms with Crippen LogP contribution in [-0.4, -0.2) is 29.4 Å². The topological polar surface area (TPSA) is 102 Å². The average Bonchev–Trinajstić information content (AvgIpc) is 2.80. The van der Waals surface area contributed by atoms with Crippen molar-refractivity contribution >= 4 is 28.9 Å². The van der Waals surface area contributed by atoms with Crippen molar-refractivity contribution in [2.24, 2.45) is 0 Å². The van der Waals surface area contributed by atoms with Crippen molar-refractivity contribution in [2.45, 2.75) is 20.0 Å². The zero-order valence-corrected chi connectivity index (χ0v) is 17.7. The molecule has 0 aromatic heterocycles. The van der Waals surface area contributed by atoms with Gasteiger partial charge in [0, 0.05) is 18.3 Å². The van der Waals surface area contributed by atoms with E-state index in [-0.39, 0.29) is 17.3 Å². The molecule has 0 aliphatic rings. The second-order valence-electron chi connectivity index (χ2n) is 6.90. The molecule has 2 amide bonds. The van der Waals surface area contributed by atoms with Gasteiger partial charge in [0.1, 0.15) is 0 Å². The fourth-order valence-electron chi connectivity index (χ4n) is 3.16. The lowest BCUT2D eigenvalue weighted by molar-refractivity contribution is -0.386. The number of carbonyl (C=O) groups excluding carboxylic acids is 2. The predicted molar refractivity (Wildman–Crippen MR) is 122 cm³/mol. The molecule has 1 unspecified atom stereocenters. The van der Waals surface area contributed by atoms with Gasteiger partial charge >= 0.3 is 5.69 Å². The molecule has 164 valence electrons. The summed E-state index contributed by atoms with van der Waals surface area (Å²) in [5, 5.41) is 13.9. The first kappa shape index (κ1) is 22.5. The number of para-hydroxylation sites is 4. The van der Waals surface area contributed by atoms with E-state index < -0.39 is 16.9 Å². The van der Waals surface area contributed by atoms with E-state index in [9.17, 15) is 19.7 Å². The number of hydrogen-bond donors (Lipinski definition) is 1. The monoisotopic (exact) mass is 433 g/mol. The van der Waals surface area contributed by atoms with E-state index in [4.69, 9.17) is 4.74 Å². The first-order valence-corrected chi connectivity index (χ1v) is 10.1. The molecule has 0 heterocycles. The highest BCUT2D eigenvalue weighted by atomic mass is 16.6. The van der Waals surface area contributed by atoms with Crippen molar-refractivity contribution in [1.82, 2.24) is 0 Å². The first-order valence-electron chi connectivity index (χ1n) is 10.1. The fraction of sp³-hybridized carbons (Fsp3) is 0.167. The number of amides is 2. The van der Waals surface area contributed by atoms with Crippen molar-refractivity contribution < 1.29 is 19.2 Å². The quantitative estimate of drug-likeness (QED) is 0.411. The third-order valence-corrected chi connectivity index (χ3v) is 4.78. The predicted octanol–water partition coefficient (Wildman–Crippen LogP) is 4.67. The molecular weight excluding hydrogens is 410 g/mol. The van der Waals surface area contributed by atoms with E-state index in [1.807, 2.05) is 37.3 Å². The van der Waals surface area contributed by atoms with Gasteiger partial charge < -0.3 is 15.0 Å². The summed E-state index contributed by atoms with van der Waals surface area (Å²) in [6, 6.07) is 21.8. The Morgan fingerprint density at radius 1 is 1.00 bits per heavy atom. The fourth-order valence-corrected chi connectivity index (χ4v) is 3.16. The molecule has 8 nitrogen and oxygen atoms in total. The van der Waals surface area contributed by atoms with Crippen LogP contribution in [0.4, 0.5) is 17.1 Å². The van der Waals surface area contributed by atoms with Gasteiger partial charge in [0.15, 0.2) is 11.9 Å². The Morgan fingerprint density at radius 3 is 2.31 bits per heavy atom. The smallest absolute Gasteiger partial charge is 0.310 e. The molecule has 0 fully saturated rings. The van der Waals surface area contributed by atoms with Crippen LogP contribution in [0.25, 0.3) is 0 Å². The minimum absolute atomic E-state index is 0.00857. The molecule has 0 saturated heterocycles. The standard InChI is InChI=1S/C24H23N3O5/c1-3-26(18-11-5-4-6-12-18)24(29)19-13-7-8-14-20(19)25-23(28)17(2)32-22-16-10-9-15-21(22)27(30)31/h4-17H,3H2,1-2H3,(H,25,28). The Hall–Kier alpha value is -4.20. The number of rotatable bonds is 8. The molecule has 0 spiro atoms. The van der Waals surface area contributed by atoms with E-state index in [1.165, 1.54) is 25.1 Å². The van der Waals surface area contributed by atoms with Crippen LogP contribution >= 0.6 is 0 Å². The zero-order chi connectivity index (χ0) is 23.1. The maximum atomic E-state index is 13.2. The van der Waals surface area contributed by atoms with E-state index in [0.717, 1.165) is 5.69 Å². The number of benzene rings is 3. The number of nitrogens with zero attached hydrogens (tertiary/aromatic N) is 2. The molecule has 1 atom stereocenters. The molecule has 0 radical (unpaired) electrons. The summed E-state index contributed by atoms with van der Waals surface area (Å²) < 4.78 is 5.53. The third kappa shape index (κ3) is 5.10. The van der Waals surface area contributed by atoms with Crippen LogP contribution < -0.4 is 15.0 Å². The summed E-state index contributed by atoms with van der Waals surface area (Å²) >= 11 is 0. The molecule has 0 saturated carbocycles. The molecular formula is C24H23N3O5. The molecule has 0 aliphatic heterocycles. The van der Waals surface area contributed by atoms with Gasteiger partial charge in [0.25, 0.3) is 11.8 Å². The molecule has 3 rings (SSSR count). The number of nitrogens with one attached hydrogen (secondary N) is 1. The summed E-state index contributed by atoms with van der Waals surface area (Å²) in [6.07, 6.45) is -1.03. The van der Waals surface area contributed by atoms with E-state index in [2.05, 4.69) is 5.32 Å². The Kier molecular flexibility index (Phi) is 7.17. The molecule has 0 bridgehead atoms. The lowest BCUT2D eigenvalue weighted by Gasteiger charge is -2.23. The second-order valence-corrected chi connectivity index (χ2v) is 6.90. The highest BCUT2D eigenvalue weighted by Crippen LogP contribution is 2.27. The molecule has 0 aliphatic carbocycles. The van der Waals surface area contributed by atoms with Crippen molar-refractivity contribution in [3.05, 3.63) is 94.5 Å². The van der Waals surface area contributed by atoms with Gasteiger partial charge in [0.2, 0.25) is 0 Å². The Bertz CT molecular complexity index is 1120. The minimum Gasteiger partial charge on any atom is -0.474 e. The molecule has 3 aromatic carbocycles. The van der Waals surface area contributed by atoms with Gasteiger partial charge in [-0.1, -0.05) is 42.5 Å². The lowest BCUT2D eigenvalue weighted by atomic mass is 10.1. The van der Waals surface area contributed by atoms with E-state index in [1.54, 1.807) is 35.2 Å². The number of carbonyl (C=O) groups is 2. The van der Waals surface area contributed by atoms with Crippen LogP contribution in [-0.2, 0) is 4.79 Å². The highest BCUT2D eigenvalue weighted by Gasteiger charge is 2.24. The number of ether oxygens (including phenoxy) is 1. The van der Waals surface area contributed by atoms with Crippen LogP contribution in [0.2, 0.25) is 0 Å². The third-order valence-electron chi connectivity index (χ3n) is 4.78. The number of hydrogen-bond acceptors (Lipinski definition) is 5. The van der Waals surface area contributed by atoms with E-state index >= 15 is 0 Å². The zero-order valence-electron chi connectivity index (χ0n) is 17.7. The number of anilines is 2. The lowest BCUT2D eigenvalue weighted by Crippen LogP contribution is -2.33. The second kappa shape index (κ2) is 10.2. The normalized spacial score (nSPS) is 11.3. The van der Waals surface area contributed by atoms with Gasteiger partial charge in [-0.05, 0) is 44.2 Å². The Balaban J connectivity index is 1.79. The van der Waals surface area contributed by atoms with E-state index in [0.29, 0.717) is 17.8 Å². The summed E-state index contributed by atoms with van der Waals surface area (Å²) in [5.74, 6) is -0.807.